The van der Waals surface area contributed by atoms with Crippen molar-refractivity contribution in [3.05, 3.63) is 40.2 Å². The Kier molecular flexibility index (Phi) is 4.90. The largest absolute Gasteiger partial charge is 0.474 e. The summed E-state index contributed by atoms with van der Waals surface area (Å²) in [5.41, 5.74) is 2.98. The summed E-state index contributed by atoms with van der Waals surface area (Å²) < 4.78 is 6.23. The summed E-state index contributed by atoms with van der Waals surface area (Å²) in [5.74, 6) is 1.27. The highest BCUT2D eigenvalue weighted by Gasteiger charge is 2.35. The van der Waals surface area contributed by atoms with Crippen LogP contribution in [0.4, 0.5) is 11.5 Å². The Hall–Kier alpha value is -2.36. The molecular weight excluding hydrogens is 362 g/mol. The molecule has 2 unspecified atom stereocenters. The summed E-state index contributed by atoms with van der Waals surface area (Å²) in [6, 6.07) is 6.79. The summed E-state index contributed by atoms with van der Waals surface area (Å²) in [4.78, 5) is 8.69. The number of nitriles is 1. The first-order valence-corrected chi connectivity index (χ1v) is 9.63. The molecule has 6 nitrogen and oxygen atoms in total. The van der Waals surface area contributed by atoms with E-state index in [0.29, 0.717) is 40.1 Å². The molecule has 2 aromatic rings. The Bertz CT molecular complexity index is 898. The number of rotatable bonds is 4. The molecular formula is C20H22ClN5O. The van der Waals surface area contributed by atoms with Gasteiger partial charge in [0.1, 0.15) is 18.2 Å². The van der Waals surface area contributed by atoms with Crippen LogP contribution in [0.15, 0.2) is 18.5 Å². The standard InChI is InChI=1S/C20H22ClN5O/c1-11-5-18(17(21)6-13(11)9-22)26-19-12(2)20(24-10-23-19)27-16-7-14-3-4-15(8-16)25-14/h5-6,10,14-16,25H,3-4,7-8H2,1-2H3,(H,23,24,26). The van der Waals surface area contributed by atoms with Crippen molar-refractivity contribution >= 4 is 23.1 Å². The van der Waals surface area contributed by atoms with Crippen LogP contribution in [-0.2, 0) is 0 Å². The topological polar surface area (TPSA) is 82.9 Å². The summed E-state index contributed by atoms with van der Waals surface area (Å²) in [6.45, 7) is 3.82. The number of halogens is 1. The SMILES string of the molecule is Cc1cc(Nc2ncnc(OC3CC4CCC(C3)N4)c2C)c(Cl)cc1C#N. The molecule has 0 spiro atoms. The summed E-state index contributed by atoms with van der Waals surface area (Å²) >= 11 is 6.32. The fourth-order valence-corrected chi connectivity index (χ4v) is 4.17. The minimum atomic E-state index is 0.186. The maximum atomic E-state index is 9.13. The average Bonchev–Trinajstić information content (AvgIpc) is 2.99. The molecule has 2 N–H and O–H groups in total. The highest BCUT2D eigenvalue weighted by atomic mass is 35.5. The zero-order valence-corrected chi connectivity index (χ0v) is 16.2. The van der Waals surface area contributed by atoms with Crippen molar-refractivity contribution in [2.45, 2.75) is 57.7 Å². The number of hydrogen-bond donors (Lipinski definition) is 2. The molecule has 2 atom stereocenters. The Balaban J connectivity index is 1.54. The number of nitrogens with one attached hydrogen (secondary N) is 2. The lowest BCUT2D eigenvalue weighted by Gasteiger charge is -2.29. The molecule has 2 bridgehead atoms. The maximum Gasteiger partial charge on any atom is 0.221 e. The maximum absolute atomic E-state index is 9.13. The van der Waals surface area contributed by atoms with Crippen LogP contribution < -0.4 is 15.4 Å². The lowest BCUT2D eigenvalue weighted by Crippen LogP contribution is -2.42. The lowest BCUT2D eigenvalue weighted by atomic mass is 10.0. The third-order valence-corrected chi connectivity index (χ3v) is 5.75. The van der Waals surface area contributed by atoms with Crippen LogP contribution in [0.1, 0.15) is 42.4 Å². The molecule has 2 fully saturated rings. The highest BCUT2D eigenvalue weighted by molar-refractivity contribution is 6.33. The van der Waals surface area contributed by atoms with Gasteiger partial charge in [-0.3, -0.25) is 0 Å². The van der Waals surface area contributed by atoms with Gasteiger partial charge in [0.2, 0.25) is 5.88 Å². The van der Waals surface area contributed by atoms with Gasteiger partial charge in [0, 0.05) is 12.1 Å². The number of aryl methyl sites for hydroxylation is 1. The van der Waals surface area contributed by atoms with Gasteiger partial charge in [0.25, 0.3) is 0 Å². The number of aromatic nitrogens is 2. The molecule has 0 saturated carbocycles. The van der Waals surface area contributed by atoms with Crippen molar-refractivity contribution in [2.24, 2.45) is 0 Å². The number of ether oxygens (including phenoxy) is 1. The molecule has 2 aliphatic rings. The van der Waals surface area contributed by atoms with E-state index in [1.165, 1.54) is 19.2 Å². The van der Waals surface area contributed by atoms with E-state index in [2.05, 4.69) is 26.7 Å². The smallest absolute Gasteiger partial charge is 0.221 e. The van der Waals surface area contributed by atoms with Gasteiger partial charge in [0.05, 0.1) is 27.9 Å². The van der Waals surface area contributed by atoms with E-state index in [1.807, 2.05) is 19.9 Å². The van der Waals surface area contributed by atoms with Gasteiger partial charge in [-0.25, -0.2) is 9.97 Å². The molecule has 0 radical (unpaired) electrons. The van der Waals surface area contributed by atoms with Gasteiger partial charge in [0.15, 0.2) is 0 Å². The first-order valence-electron chi connectivity index (χ1n) is 9.25. The van der Waals surface area contributed by atoms with E-state index in [1.54, 1.807) is 6.07 Å². The molecule has 2 saturated heterocycles. The second kappa shape index (κ2) is 7.34. The molecule has 7 heteroatoms. The number of fused-ring (bicyclic) bond motifs is 2. The van der Waals surface area contributed by atoms with Crippen LogP contribution in [0, 0.1) is 25.2 Å². The van der Waals surface area contributed by atoms with E-state index in [0.717, 1.165) is 24.0 Å². The highest BCUT2D eigenvalue weighted by Crippen LogP contribution is 2.33. The fraction of sp³-hybridized carbons (Fsp3) is 0.450. The molecule has 4 rings (SSSR count). The second-order valence-electron chi connectivity index (χ2n) is 7.39. The molecule has 27 heavy (non-hydrogen) atoms. The van der Waals surface area contributed by atoms with Crippen molar-refractivity contribution in [2.75, 3.05) is 5.32 Å². The van der Waals surface area contributed by atoms with Crippen LogP contribution in [0.2, 0.25) is 5.02 Å². The number of anilines is 2. The molecule has 1 aromatic carbocycles. The predicted molar refractivity (Wildman–Crippen MR) is 105 cm³/mol. The molecule has 2 aliphatic heterocycles. The molecule has 1 aromatic heterocycles. The van der Waals surface area contributed by atoms with Gasteiger partial charge in [-0.1, -0.05) is 11.6 Å². The van der Waals surface area contributed by atoms with E-state index in [9.17, 15) is 0 Å². The zero-order valence-electron chi connectivity index (χ0n) is 15.4. The van der Waals surface area contributed by atoms with Gasteiger partial charge in [-0.2, -0.15) is 5.26 Å². The number of hydrogen-bond acceptors (Lipinski definition) is 6. The van der Waals surface area contributed by atoms with Crippen LogP contribution in [0.3, 0.4) is 0 Å². The summed E-state index contributed by atoms with van der Waals surface area (Å²) in [5, 5.41) is 16.5. The van der Waals surface area contributed by atoms with Crippen molar-refractivity contribution in [1.29, 1.82) is 5.26 Å². The summed E-state index contributed by atoms with van der Waals surface area (Å²) in [7, 11) is 0. The van der Waals surface area contributed by atoms with Crippen LogP contribution in [-0.4, -0.2) is 28.2 Å². The lowest BCUT2D eigenvalue weighted by molar-refractivity contribution is 0.131. The Morgan fingerprint density at radius 3 is 2.67 bits per heavy atom. The Labute approximate surface area is 163 Å². The number of benzene rings is 1. The summed E-state index contributed by atoms with van der Waals surface area (Å²) in [6.07, 6.45) is 6.19. The second-order valence-corrected chi connectivity index (χ2v) is 7.79. The van der Waals surface area contributed by atoms with Crippen LogP contribution >= 0.6 is 11.6 Å². The van der Waals surface area contributed by atoms with E-state index in [-0.39, 0.29) is 6.10 Å². The number of nitrogens with zero attached hydrogens (tertiary/aromatic N) is 3. The fourth-order valence-electron chi connectivity index (χ4n) is 3.96. The predicted octanol–water partition coefficient (Wildman–Crippen LogP) is 4.02. The first kappa shape index (κ1) is 18.0. The monoisotopic (exact) mass is 383 g/mol. The molecule has 140 valence electrons. The third-order valence-electron chi connectivity index (χ3n) is 5.43. The molecule has 0 amide bonds. The zero-order chi connectivity index (χ0) is 19.0. The van der Waals surface area contributed by atoms with Crippen molar-refractivity contribution in [3.8, 4) is 11.9 Å². The molecule has 3 heterocycles. The van der Waals surface area contributed by atoms with Crippen LogP contribution in [0.25, 0.3) is 0 Å². The minimum absolute atomic E-state index is 0.186. The molecule has 0 aliphatic carbocycles. The number of piperidine rings is 1. The Morgan fingerprint density at radius 1 is 1.22 bits per heavy atom. The third kappa shape index (κ3) is 3.71. The van der Waals surface area contributed by atoms with Gasteiger partial charge in [-0.05, 0) is 57.2 Å². The van der Waals surface area contributed by atoms with Crippen molar-refractivity contribution in [3.63, 3.8) is 0 Å². The average molecular weight is 384 g/mol. The van der Waals surface area contributed by atoms with Gasteiger partial charge in [-0.15, -0.1) is 0 Å². The van der Waals surface area contributed by atoms with Crippen LogP contribution in [0.5, 0.6) is 5.88 Å². The van der Waals surface area contributed by atoms with Gasteiger partial charge >= 0.3 is 0 Å². The van der Waals surface area contributed by atoms with Crippen molar-refractivity contribution in [1.82, 2.24) is 15.3 Å². The normalized spacial score (nSPS) is 23.7. The minimum Gasteiger partial charge on any atom is -0.474 e. The first-order chi connectivity index (χ1) is 13.0. The van der Waals surface area contributed by atoms with Crippen molar-refractivity contribution < 1.29 is 4.74 Å². The quantitative estimate of drug-likeness (QED) is 0.829. The van der Waals surface area contributed by atoms with E-state index >= 15 is 0 Å². The Morgan fingerprint density at radius 2 is 1.96 bits per heavy atom. The van der Waals surface area contributed by atoms with E-state index < -0.39 is 0 Å². The van der Waals surface area contributed by atoms with E-state index in [4.69, 9.17) is 21.6 Å². The van der Waals surface area contributed by atoms with Gasteiger partial charge < -0.3 is 15.4 Å².